The van der Waals surface area contributed by atoms with Crippen molar-refractivity contribution in [3.63, 3.8) is 0 Å². The Morgan fingerprint density at radius 1 is 1.57 bits per heavy atom. The Hall–Kier alpha value is -0.590. The van der Waals surface area contributed by atoms with Gasteiger partial charge in [0.1, 0.15) is 5.03 Å². The molecule has 1 heterocycles. The second-order valence-electron chi connectivity index (χ2n) is 5.71. The Kier molecular flexibility index (Phi) is 6.08. The van der Waals surface area contributed by atoms with Crippen LogP contribution < -0.4 is 11.1 Å². The second-order valence-corrected chi connectivity index (χ2v) is 7.65. The molecule has 0 aromatic carbocycles. The van der Waals surface area contributed by atoms with E-state index in [2.05, 4.69) is 26.2 Å². The van der Waals surface area contributed by atoms with E-state index in [0.717, 1.165) is 47.4 Å². The van der Waals surface area contributed by atoms with Crippen molar-refractivity contribution in [1.29, 1.82) is 0 Å². The molecule has 21 heavy (non-hydrogen) atoms. The number of amides is 1. The number of thioether (sulfide) groups is 1. The van der Waals surface area contributed by atoms with Crippen molar-refractivity contribution in [2.45, 2.75) is 55.6 Å². The normalized spacial score (nSPS) is 17.4. The van der Waals surface area contributed by atoms with Crippen molar-refractivity contribution in [1.82, 2.24) is 10.3 Å². The van der Waals surface area contributed by atoms with Crippen molar-refractivity contribution >= 4 is 33.6 Å². The number of nitrogens with two attached hydrogens (primary N) is 1. The summed E-state index contributed by atoms with van der Waals surface area (Å²) in [7, 11) is 0. The van der Waals surface area contributed by atoms with Crippen LogP contribution in [0.1, 0.15) is 39.0 Å². The number of nitrogens with one attached hydrogen (secondary N) is 1. The molecule has 0 spiro atoms. The third-order valence-electron chi connectivity index (χ3n) is 3.68. The number of pyridine rings is 1. The average molecular weight is 372 g/mol. The van der Waals surface area contributed by atoms with Crippen LogP contribution >= 0.6 is 27.7 Å². The van der Waals surface area contributed by atoms with Gasteiger partial charge in [0.05, 0.1) is 5.54 Å². The summed E-state index contributed by atoms with van der Waals surface area (Å²) in [4.78, 5) is 16.0. The Balaban J connectivity index is 1.70. The van der Waals surface area contributed by atoms with Crippen molar-refractivity contribution in [3.8, 4) is 0 Å². The summed E-state index contributed by atoms with van der Waals surface area (Å²) in [5, 5.41) is 4.40. The molecule has 1 saturated carbocycles. The van der Waals surface area contributed by atoms with Gasteiger partial charge in [-0.25, -0.2) is 4.98 Å². The molecule has 2 rings (SSSR count). The summed E-state index contributed by atoms with van der Waals surface area (Å²) < 4.78 is 1.03. The predicted molar refractivity (Wildman–Crippen MR) is 90.3 cm³/mol. The molecule has 1 aliphatic carbocycles. The van der Waals surface area contributed by atoms with E-state index in [4.69, 9.17) is 5.73 Å². The highest BCUT2D eigenvalue weighted by molar-refractivity contribution is 9.10. The standard InChI is InChI=1S/C15H22BrN3OS/c1-15(14(17)20,19-11-6-7-11)8-2-3-10-21-13-12(16)5-4-9-18-13/h4-5,9,11,19H,2-3,6-8,10H2,1H3,(H2,17,20). The maximum atomic E-state index is 11.7. The van der Waals surface area contributed by atoms with Gasteiger partial charge in [0, 0.05) is 16.7 Å². The summed E-state index contributed by atoms with van der Waals surface area (Å²) >= 11 is 5.23. The van der Waals surface area contributed by atoms with E-state index in [-0.39, 0.29) is 5.91 Å². The number of rotatable bonds is 9. The Bertz CT molecular complexity index is 496. The quantitative estimate of drug-likeness (QED) is 0.516. The zero-order chi connectivity index (χ0) is 15.3. The van der Waals surface area contributed by atoms with Crippen LogP contribution in [0.2, 0.25) is 0 Å². The number of primary amides is 1. The van der Waals surface area contributed by atoms with Crippen LogP contribution in [0.15, 0.2) is 27.8 Å². The lowest BCUT2D eigenvalue weighted by Crippen LogP contribution is -2.53. The minimum absolute atomic E-state index is 0.241. The molecular weight excluding hydrogens is 350 g/mol. The van der Waals surface area contributed by atoms with Crippen LogP contribution in [0.5, 0.6) is 0 Å². The second kappa shape index (κ2) is 7.61. The lowest BCUT2D eigenvalue weighted by molar-refractivity contribution is -0.124. The molecule has 116 valence electrons. The minimum Gasteiger partial charge on any atom is -0.368 e. The molecule has 0 radical (unpaired) electrons. The number of hydrogen-bond acceptors (Lipinski definition) is 4. The molecule has 4 nitrogen and oxygen atoms in total. The zero-order valence-corrected chi connectivity index (χ0v) is 14.7. The van der Waals surface area contributed by atoms with Gasteiger partial charge < -0.3 is 11.1 Å². The van der Waals surface area contributed by atoms with Gasteiger partial charge >= 0.3 is 0 Å². The largest absolute Gasteiger partial charge is 0.368 e. The SMILES string of the molecule is CC(CCCCSc1ncccc1Br)(NC1CC1)C(N)=O. The van der Waals surface area contributed by atoms with Gasteiger partial charge in [-0.05, 0) is 66.4 Å². The van der Waals surface area contributed by atoms with Crippen molar-refractivity contribution < 1.29 is 4.79 Å². The van der Waals surface area contributed by atoms with E-state index in [1.807, 2.05) is 19.1 Å². The van der Waals surface area contributed by atoms with Crippen molar-refractivity contribution in [2.24, 2.45) is 5.73 Å². The summed E-state index contributed by atoms with van der Waals surface area (Å²) in [5.41, 5.74) is 4.99. The first-order chi connectivity index (χ1) is 10.0. The number of nitrogens with zero attached hydrogens (tertiary/aromatic N) is 1. The van der Waals surface area contributed by atoms with E-state index >= 15 is 0 Å². The monoisotopic (exact) mass is 371 g/mol. The molecule has 1 aromatic heterocycles. The molecule has 1 aromatic rings. The number of halogens is 1. The maximum absolute atomic E-state index is 11.7. The molecule has 0 aliphatic heterocycles. The fourth-order valence-electron chi connectivity index (χ4n) is 2.17. The zero-order valence-electron chi connectivity index (χ0n) is 12.3. The van der Waals surface area contributed by atoms with Crippen molar-refractivity contribution in [3.05, 3.63) is 22.8 Å². The first-order valence-corrected chi connectivity index (χ1v) is 9.10. The third kappa shape index (κ3) is 5.27. The van der Waals surface area contributed by atoms with Gasteiger partial charge in [0.2, 0.25) is 5.91 Å². The topological polar surface area (TPSA) is 68.0 Å². The minimum atomic E-state index is -0.558. The maximum Gasteiger partial charge on any atom is 0.237 e. The summed E-state index contributed by atoms with van der Waals surface area (Å²) in [6, 6.07) is 4.40. The molecule has 0 saturated heterocycles. The van der Waals surface area contributed by atoms with E-state index in [0.29, 0.717) is 6.04 Å². The molecule has 6 heteroatoms. The number of carbonyl (C=O) groups excluding carboxylic acids is 1. The Labute approximate surface area is 138 Å². The van der Waals surface area contributed by atoms with E-state index in [1.54, 1.807) is 18.0 Å². The molecule has 0 bridgehead atoms. The van der Waals surface area contributed by atoms with E-state index < -0.39 is 5.54 Å². The number of carbonyl (C=O) groups is 1. The lowest BCUT2D eigenvalue weighted by atomic mass is 9.94. The number of hydrogen-bond donors (Lipinski definition) is 2. The molecule has 1 unspecified atom stereocenters. The highest BCUT2D eigenvalue weighted by Gasteiger charge is 2.36. The Morgan fingerprint density at radius 3 is 2.95 bits per heavy atom. The van der Waals surface area contributed by atoms with Crippen LogP contribution in [0.25, 0.3) is 0 Å². The summed E-state index contributed by atoms with van der Waals surface area (Å²) in [6.07, 6.45) is 6.94. The number of unbranched alkanes of at least 4 members (excludes halogenated alkanes) is 1. The molecule has 1 aliphatic rings. The van der Waals surface area contributed by atoms with Crippen LogP contribution in [0.4, 0.5) is 0 Å². The molecule has 1 atom stereocenters. The smallest absolute Gasteiger partial charge is 0.237 e. The average Bonchev–Trinajstić information content (AvgIpc) is 3.24. The van der Waals surface area contributed by atoms with Crippen LogP contribution in [-0.4, -0.2) is 28.2 Å². The van der Waals surface area contributed by atoms with Gasteiger partial charge in [0.15, 0.2) is 0 Å². The van der Waals surface area contributed by atoms with Gasteiger partial charge in [-0.3, -0.25) is 4.79 Å². The predicted octanol–water partition coefficient (Wildman–Crippen LogP) is 3.10. The van der Waals surface area contributed by atoms with Gasteiger partial charge in [-0.15, -0.1) is 11.8 Å². The first-order valence-electron chi connectivity index (χ1n) is 7.32. The number of aromatic nitrogens is 1. The molecule has 1 amide bonds. The summed E-state index contributed by atoms with van der Waals surface area (Å²) in [5.74, 6) is 0.753. The Morgan fingerprint density at radius 2 is 2.33 bits per heavy atom. The van der Waals surface area contributed by atoms with E-state index in [1.165, 1.54) is 0 Å². The van der Waals surface area contributed by atoms with Gasteiger partial charge in [-0.1, -0.05) is 6.42 Å². The fourth-order valence-corrected chi connectivity index (χ4v) is 3.65. The molecule has 3 N–H and O–H groups in total. The van der Waals surface area contributed by atoms with Crippen LogP contribution in [0, 0.1) is 0 Å². The third-order valence-corrected chi connectivity index (χ3v) is 5.67. The molecule has 1 fully saturated rings. The first kappa shape index (κ1) is 16.8. The summed E-state index contributed by atoms with van der Waals surface area (Å²) in [6.45, 7) is 1.93. The van der Waals surface area contributed by atoms with Gasteiger partial charge in [-0.2, -0.15) is 0 Å². The fraction of sp³-hybridized carbons (Fsp3) is 0.600. The van der Waals surface area contributed by atoms with Crippen LogP contribution in [-0.2, 0) is 4.79 Å². The highest BCUT2D eigenvalue weighted by Crippen LogP contribution is 2.27. The molecular formula is C15H22BrN3OS. The highest BCUT2D eigenvalue weighted by atomic mass is 79.9. The van der Waals surface area contributed by atoms with Gasteiger partial charge in [0.25, 0.3) is 0 Å². The lowest BCUT2D eigenvalue weighted by Gasteiger charge is -2.27. The van der Waals surface area contributed by atoms with Crippen molar-refractivity contribution in [2.75, 3.05) is 5.75 Å². The van der Waals surface area contributed by atoms with E-state index in [9.17, 15) is 4.79 Å². The van der Waals surface area contributed by atoms with Crippen LogP contribution in [0.3, 0.4) is 0 Å².